The molecule has 18 rings (SSSR count). The molecule has 0 aliphatic carbocycles. The Kier molecular flexibility index (Phi) is 38.3. The molecule has 7 aromatic heterocycles. The van der Waals surface area contributed by atoms with E-state index in [0.29, 0.717) is 75.6 Å². The molecule has 0 radical (unpaired) electrons. The molecule has 0 spiro atoms. The van der Waals surface area contributed by atoms with Crippen LogP contribution in [0.25, 0.3) is 54.5 Å². The Morgan fingerprint density at radius 3 is 0.914 bits per heavy atom. The van der Waals surface area contributed by atoms with Crippen molar-refractivity contribution in [1.29, 1.82) is 0 Å². The van der Waals surface area contributed by atoms with E-state index in [4.69, 9.17) is 58.0 Å². The topological polar surface area (TPSA) is 411 Å². The second kappa shape index (κ2) is 52.9. The number of aromatic nitrogens is 12. The molecule has 5 amide bonds. The number of hydrogen-bond donors (Lipinski definition) is 18. The van der Waals surface area contributed by atoms with Gasteiger partial charge in [0.25, 0.3) is 0 Å². The van der Waals surface area contributed by atoms with Gasteiger partial charge in [-0.2, -0.15) is 25.5 Å². The number of fused-ring (bicyclic) bond motifs is 5. The average Bonchev–Trinajstić information content (AvgIpc) is 1.48. The molecule has 35 heteroatoms. The van der Waals surface area contributed by atoms with E-state index in [9.17, 15) is 24.0 Å². The average molecular weight is 1980 g/mol. The first kappa shape index (κ1) is 101. The number of amides is 5. The Morgan fingerprint density at radius 1 is 0.293 bits per heavy atom. The zero-order valence-corrected chi connectivity index (χ0v) is 80.3. The minimum atomic E-state index is -0.583. The van der Waals surface area contributed by atoms with Gasteiger partial charge in [-0.15, -0.1) is 0 Å². The first-order valence-electron chi connectivity index (χ1n) is 45.5. The number of nitrogens with zero attached hydrogens (tertiary/aromatic N) is 7. The highest BCUT2D eigenvalue weighted by atomic mass is 35.5. The van der Waals surface area contributed by atoms with Crippen LogP contribution in [0.1, 0.15) is 88.3 Å². The van der Waals surface area contributed by atoms with E-state index in [1.807, 2.05) is 238 Å². The van der Waals surface area contributed by atoms with Gasteiger partial charge in [0, 0.05) is 151 Å². The summed E-state index contributed by atoms with van der Waals surface area (Å²) in [5, 5.41) is 83.5. The molecule has 11 aromatic carbocycles. The first-order chi connectivity index (χ1) is 68.4. The molecule has 5 atom stereocenters. The summed E-state index contributed by atoms with van der Waals surface area (Å²) in [6.07, 6.45) is 13.8. The maximum absolute atomic E-state index is 13.1. The number of carbonyl (C=O) groups excluding carboxylic acids is 5. The van der Waals surface area contributed by atoms with Crippen LogP contribution >= 0.6 is 58.0 Å². The van der Waals surface area contributed by atoms with Gasteiger partial charge in [-0.25, -0.2) is 0 Å². The lowest BCUT2D eigenvalue weighted by Crippen LogP contribution is -2.37. The molecule has 0 saturated carbocycles. The molecule has 0 saturated heterocycles. The van der Waals surface area contributed by atoms with Crippen molar-refractivity contribution in [2.45, 2.75) is 63.1 Å². The van der Waals surface area contributed by atoms with Gasteiger partial charge in [-0.05, 0) is 242 Å². The van der Waals surface area contributed by atoms with Crippen molar-refractivity contribution in [3.8, 4) is 0 Å². The van der Waals surface area contributed by atoms with Crippen LogP contribution in [0, 0.1) is 0 Å². The summed E-state index contributed by atoms with van der Waals surface area (Å²) in [4.78, 5) is 73.7. The number of anilines is 5. The third-order valence-corrected chi connectivity index (χ3v) is 23.3. The molecule has 5 unspecified atom stereocenters. The van der Waals surface area contributed by atoms with Gasteiger partial charge < -0.3 is 63.8 Å². The highest BCUT2D eigenvalue weighted by molar-refractivity contribution is 6.32. The second-order valence-electron chi connectivity index (χ2n) is 32.3. The third-order valence-electron chi connectivity index (χ3n) is 22.1. The Labute approximate surface area is 833 Å². The normalized spacial score (nSPS) is 12.1. The predicted molar refractivity (Wildman–Crippen MR) is 561 cm³/mol. The van der Waals surface area contributed by atoms with Crippen molar-refractivity contribution >= 4 is 170 Å². The van der Waals surface area contributed by atoms with Gasteiger partial charge in [0.1, 0.15) is 30.2 Å². The highest BCUT2D eigenvalue weighted by Crippen LogP contribution is 2.30. The van der Waals surface area contributed by atoms with Crippen LogP contribution in [0.4, 0.5) is 28.4 Å². The van der Waals surface area contributed by atoms with Crippen LogP contribution in [-0.4, -0.2) is 150 Å². The number of nitrogens with one attached hydrogen (secondary N) is 18. The lowest BCUT2D eigenvalue weighted by atomic mass is 10.1. The number of hydrogen-bond acceptors (Lipinski definition) is 20. The highest BCUT2D eigenvalue weighted by Gasteiger charge is 2.27. The third kappa shape index (κ3) is 30.8. The molecule has 0 bridgehead atoms. The van der Waals surface area contributed by atoms with Crippen LogP contribution in [0.2, 0.25) is 25.1 Å². The van der Waals surface area contributed by atoms with Gasteiger partial charge in [0.15, 0.2) is 0 Å². The lowest BCUT2D eigenvalue weighted by molar-refractivity contribution is -0.119. The Bertz CT molecular complexity index is 6890. The molecule has 0 fully saturated rings. The molecule has 0 aliphatic heterocycles. The van der Waals surface area contributed by atoms with Crippen molar-refractivity contribution in [1.82, 2.24) is 103 Å². The molecule has 7 heterocycles. The summed E-state index contributed by atoms with van der Waals surface area (Å²) in [5.74, 6) is -0.739. The number of halogens is 5. The Balaban J connectivity index is 0.000000140. The van der Waals surface area contributed by atoms with Crippen molar-refractivity contribution in [2.75, 3.05) is 86.0 Å². The van der Waals surface area contributed by atoms with E-state index in [-0.39, 0.29) is 29.5 Å². The number of rotatable bonds is 38. The summed E-state index contributed by atoms with van der Waals surface area (Å²) >= 11 is 30.7. The maximum atomic E-state index is 13.1. The van der Waals surface area contributed by atoms with E-state index >= 15 is 0 Å². The van der Waals surface area contributed by atoms with E-state index in [1.165, 1.54) is 5.56 Å². The number of carbonyl (C=O) groups is 5. The smallest absolute Gasteiger partial charge is 0.246 e. The van der Waals surface area contributed by atoms with E-state index in [0.717, 1.165) is 150 Å². The fourth-order valence-electron chi connectivity index (χ4n) is 15.1. The molecule has 140 heavy (non-hydrogen) atoms. The fraction of sp³-hybridized carbons (Fsp3) is 0.181. The molecular weight excluding hydrogens is 1870 g/mol. The molecule has 18 aromatic rings. The van der Waals surface area contributed by atoms with Gasteiger partial charge in [0.2, 0.25) is 29.5 Å². The zero-order valence-electron chi connectivity index (χ0n) is 76.5. The molecule has 716 valence electrons. The minimum Gasteiger partial charge on any atom is -0.324 e. The summed E-state index contributed by atoms with van der Waals surface area (Å²) in [7, 11) is 1.91. The van der Waals surface area contributed by atoms with E-state index < -0.39 is 30.2 Å². The molecule has 18 N–H and O–H groups in total. The standard InChI is InChI=1S/C24H24ClN5O.C22H20ClN5O.C21H18ClN5O.2C19H22ClN5O/c25-20-8-4-7-18(13-20)23(27-12-11-26-15-17-5-2-1-3-6-17)24(31)29-21-9-10-22-19(14-21)16-28-30-22;23-17-5-3-4-15(12-17)21(25-11-9-18-6-1-2-10-24-18)22(29)27-19-7-8-20-16(13-19)14-26-28-20;22-16-5-3-4-14(10-16)20(24-13-18-6-1-2-9-23-18)21(28)26-17-7-8-19-15(11-17)12-25-27-19;1-21-8-3-9-22-18(13-4-2-5-15(20)10-13)19(26)24-16-6-7-17-14(11-16)12-23-25-17;1-2-21-8-9-22-18(13-4-3-5-15(20)10-13)19(26)24-16-6-7-17-14(11-16)12-23-25-17/h1-10,13-14,16,23,26-27H,11-12,15H2,(H,28,30)(H,29,31);1-8,10,12-14,21,25H,9,11H2,(H,26,28)(H,27,29);1-12,20,24H,13H2,(H,25,27)(H,26,28);2,4-7,10-12,18,21-22H,3,8-9H2,1H3,(H,23,25)(H,24,26);3-7,10-12,18,21-22H,2,8-9H2,1H3,(H,23,25)(H,24,26). The number of H-pyrrole nitrogens is 5. The van der Waals surface area contributed by atoms with Crippen LogP contribution in [-0.2, 0) is 43.5 Å². The quantitative estimate of drug-likeness (QED) is 0.0160. The fourth-order valence-corrected chi connectivity index (χ4v) is 16.1. The summed E-state index contributed by atoms with van der Waals surface area (Å²) in [5.41, 5.74) is 15.3. The predicted octanol–water partition coefficient (Wildman–Crippen LogP) is 18.7. The van der Waals surface area contributed by atoms with Gasteiger partial charge >= 0.3 is 0 Å². The number of aromatic amines is 5. The largest absolute Gasteiger partial charge is 0.324 e. The van der Waals surface area contributed by atoms with E-state index in [1.54, 1.807) is 85.8 Å². The molecule has 0 aliphatic rings. The van der Waals surface area contributed by atoms with Crippen LogP contribution < -0.4 is 69.1 Å². The SMILES string of the molecule is CCNCCNC(C(=O)Nc1ccc2[nH]ncc2c1)c1cccc(Cl)c1.CNCCCNC(C(=O)Nc1ccc2[nH]ncc2c1)c1cccc(Cl)c1.O=C(Nc1ccc2[nH]ncc2c1)C(NCCNCc1ccccc1)c1cccc(Cl)c1.O=C(Nc1ccc2[nH]ncc2c1)C(NCCc1ccccn1)c1cccc(Cl)c1.O=C(Nc1ccc2[nH]ncc2c1)C(NCc1ccccn1)c1cccc(Cl)c1. The summed E-state index contributed by atoms with van der Waals surface area (Å²) in [6.45, 7) is 9.16. The first-order valence-corrected chi connectivity index (χ1v) is 47.3. The molecule has 30 nitrogen and oxygen atoms in total. The second-order valence-corrected chi connectivity index (χ2v) is 34.5. The van der Waals surface area contributed by atoms with Crippen molar-refractivity contribution in [2.24, 2.45) is 0 Å². The zero-order chi connectivity index (χ0) is 97.6. The summed E-state index contributed by atoms with van der Waals surface area (Å²) < 4.78 is 0. The minimum absolute atomic E-state index is 0.125. The number of benzene rings is 11. The Hall–Kier alpha value is -14.5. The number of pyridine rings is 2. The van der Waals surface area contributed by atoms with Crippen LogP contribution in [0.15, 0.2) is 322 Å². The van der Waals surface area contributed by atoms with Gasteiger partial charge in [-0.3, -0.25) is 64.8 Å². The van der Waals surface area contributed by atoms with Crippen molar-refractivity contribution in [3.05, 3.63) is 392 Å². The Morgan fingerprint density at radius 2 is 0.600 bits per heavy atom. The monoisotopic (exact) mass is 1970 g/mol. The maximum Gasteiger partial charge on any atom is 0.246 e. The van der Waals surface area contributed by atoms with E-state index in [2.05, 4.69) is 142 Å². The van der Waals surface area contributed by atoms with Gasteiger partial charge in [-0.1, -0.05) is 168 Å². The van der Waals surface area contributed by atoms with Crippen molar-refractivity contribution < 1.29 is 24.0 Å². The number of likely N-dealkylation sites (N-methyl/N-ethyl adjacent to an activating group) is 1. The summed E-state index contributed by atoms with van der Waals surface area (Å²) in [6, 6.07) is 83.9. The lowest BCUT2D eigenvalue weighted by Gasteiger charge is -2.19. The van der Waals surface area contributed by atoms with Gasteiger partial charge in [0.05, 0.1) is 64.3 Å². The van der Waals surface area contributed by atoms with Crippen molar-refractivity contribution in [3.63, 3.8) is 0 Å². The van der Waals surface area contributed by atoms with Crippen LogP contribution in [0.3, 0.4) is 0 Å². The van der Waals surface area contributed by atoms with Crippen LogP contribution in [0.5, 0.6) is 0 Å². The molecular formula is C105H106Cl5N25O5.